The number of rotatable bonds is 14. The van der Waals surface area contributed by atoms with Crippen LogP contribution in [0.2, 0.25) is 5.02 Å². The van der Waals surface area contributed by atoms with E-state index in [1.807, 2.05) is 50.4 Å². The number of halogens is 3. The van der Waals surface area contributed by atoms with Crippen molar-refractivity contribution in [1.29, 1.82) is 0 Å². The molecule has 68 heavy (non-hydrogen) atoms. The SMILES string of the molecule is COc1ccc(C(N)=O)c(-c2c(Cl)c(F)cc3c2C(C)C(CNC2CCC(C(=O)NCCCN4CCC(c5ccc6c(N7CCC(=O)NC7=O)nn(C)c6c5)CC4)CC2)(c2ccccc2)O3)c1F. The maximum absolute atomic E-state index is 16.2. The fraction of sp³-hybridized carbons (Fsp3) is 0.431. The van der Waals surface area contributed by atoms with Gasteiger partial charge in [0.05, 0.1) is 23.2 Å². The van der Waals surface area contributed by atoms with E-state index in [1.54, 1.807) is 4.68 Å². The van der Waals surface area contributed by atoms with Gasteiger partial charge in [0.25, 0.3) is 0 Å². The van der Waals surface area contributed by atoms with Gasteiger partial charge in [-0.25, -0.2) is 13.6 Å². The summed E-state index contributed by atoms with van der Waals surface area (Å²) >= 11 is 6.68. The Kier molecular flexibility index (Phi) is 13.5. The zero-order chi connectivity index (χ0) is 47.9. The first-order valence-corrected chi connectivity index (χ1v) is 23.9. The van der Waals surface area contributed by atoms with Gasteiger partial charge in [-0.05, 0) is 106 Å². The Morgan fingerprint density at radius 2 is 1.74 bits per heavy atom. The summed E-state index contributed by atoms with van der Waals surface area (Å²) in [6.45, 7) is 6.01. The molecule has 5 aromatic rings. The highest BCUT2D eigenvalue weighted by Crippen LogP contribution is 2.56. The summed E-state index contributed by atoms with van der Waals surface area (Å²) in [5.74, 6) is -2.41. The zero-order valence-electron chi connectivity index (χ0n) is 38.5. The van der Waals surface area contributed by atoms with Crippen molar-refractivity contribution in [2.75, 3.05) is 51.3 Å². The quantitative estimate of drug-likeness (QED) is 0.0816. The van der Waals surface area contributed by atoms with Crippen LogP contribution in [0.4, 0.5) is 19.4 Å². The summed E-state index contributed by atoms with van der Waals surface area (Å²) < 4.78 is 45.7. The lowest BCUT2D eigenvalue weighted by atomic mass is 9.77. The lowest BCUT2D eigenvalue weighted by Crippen LogP contribution is -2.49. The van der Waals surface area contributed by atoms with Gasteiger partial charge in [0.15, 0.2) is 23.0 Å². The van der Waals surface area contributed by atoms with E-state index >= 15 is 8.78 Å². The molecule has 5 N–H and O–H groups in total. The number of nitrogens with zero attached hydrogens (tertiary/aromatic N) is 4. The number of nitrogens with one attached hydrogen (secondary N) is 3. The number of urea groups is 1. The Morgan fingerprint density at radius 1 is 0.985 bits per heavy atom. The molecule has 1 saturated carbocycles. The summed E-state index contributed by atoms with van der Waals surface area (Å²) in [6.07, 6.45) is 6.15. The number of carbonyl (C=O) groups excluding carboxylic acids is 4. The minimum absolute atomic E-state index is 0.00658. The predicted molar refractivity (Wildman–Crippen MR) is 255 cm³/mol. The van der Waals surface area contributed by atoms with Crippen molar-refractivity contribution in [3.8, 4) is 22.6 Å². The number of amides is 5. The molecule has 2 unspecified atom stereocenters. The van der Waals surface area contributed by atoms with Crippen LogP contribution in [-0.2, 0) is 22.2 Å². The standard InChI is InChI=1S/C51H57ClF2N8O6/c1-29-42-40(27-37(53)45(52)44(42)43-36(47(55)64)16-17-39(67-3)46(43)54)68-51(29,33-8-5-4-6-9-33)28-57-34-13-10-31(11-14-34)49(65)56-21-7-22-61-23-18-30(19-24-61)32-12-15-35-38(26-32)60(2)59-48(35)62-25-20-41(63)58-50(62)66/h4-6,8-9,12,15-17,26-27,29-31,34,57H,7,10-11,13-14,18-25,28H2,1-3H3,(H2,55,64)(H,56,65)(H,58,63,66). The number of ether oxygens (including phenoxy) is 2. The van der Waals surface area contributed by atoms with Crippen LogP contribution in [0.25, 0.3) is 22.0 Å². The van der Waals surface area contributed by atoms with Gasteiger partial charge in [0.2, 0.25) is 17.7 Å². The van der Waals surface area contributed by atoms with Crippen LogP contribution in [0.1, 0.15) is 97.2 Å². The van der Waals surface area contributed by atoms with Crippen molar-refractivity contribution < 1.29 is 37.4 Å². The van der Waals surface area contributed by atoms with Crippen LogP contribution in [0, 0.1) is 17.6 Å². The van der Waals surface area contributed by atoms with Crippen LogP contribution < -0.4 is 36.1 Å². The molecule has 0 spiro atoms. The monoisotopic (exact) mass is 950 g/mol. The molecule has 9 rings (SSSR count). The van der Waals surface area contributed by atoms with Crippen molar-refractivity contribution >= 4 is 52.1 Å². The number of benzene rings is 4. The van der Waals surface area contributed by atoms with Gasteiger partial charge in [-0.2, -0.15) is 5.10 Å². The second-order valence-electron chi connectivity index (χ2n) is 18.6. The van der Waals surface area contributed by atoms with Crippen LogP contribution >= 0.6 is 11.6 Å². The van der Waals surface area contributed by atoms with E-state index in [4.69, 9.17) is 26.8 Å². The fourth-order valence-electron chi connectivity index (χ4n) is 10.9. The fourth-order valence-corrected chi connectivity index (χ4v) is 11.1. The molecule has 2 atom stereocenters. The van der Waals surface area contributed by atoms with E-state index in [2.05, 4.69) is 38.1 Å². The van der Waals surface area contributed by atoms with Crippen LogP contribution in [-0.4, -0.2) is 90.9 Å². The van der Waals surface area contributed by atoms with Gasteiger partial charge >= 0.3 is 6.03 Å². The normalized spacial score (nSPS) is 22.2. The second kappa shape index (κ2) is 19.5. The molecular weight excluding hydrogens is 894 g/mol. The highest BCUT2D eigenvalue weighted by molar-refractivity contribution is 6.34. The molecule has 0 radical (unpaired) electrons. The molecule has 5 amide bonds. The molecule has 3 fully saturated rings. The molecule has 358 valence electrons. The molecule has 2 saturated heterocycles. The Hall–Kier alpha value is -6.10. The molecule has 17 heteroatoms. The van der Waals surface area contributed by atoms with Gasteiger partial charge in [-0.15, -0.1) is 0 Å². The van der Waals surface area contributed by atoms with Crippen LogP contribution in [0.5, 0.6) is 11.5 Å². The number of likely N-dealkylation sites (tertiary alicyclic amines) is 1. The molecular formula is C51H57ClF2N8O6. The summed E-state index contributed by atoms with van der Waals surface area (Å²) in [4.78, 5) is 54.2. The Balaban J connectivity index is 0.770. The van der Waals surface area contributed by atoms with Gasteiger partial charge in [-0.1, -0.05) is 54.9 Å². The number of nitrogens with two attached hydrogens (primary N) is 1. The van der Waals surface area contributed by atoms with Crippen molar-refractivity contribution in [2.45, 2.75) is 81.8 Å². The van der Waals surface area contributed by atoms with Gasteiger partial charge in [0.1, 0.15) is 11.6 Å². The first kappa shape index (κ1) is 47.0. The number of aromatic nitrogens is 2. The first-order valence-electron chi connectivity index (χ1n) is 23.5. The number of hydrogen-bond acceptors (Lipinski definition) is 9. The van der Waals surface area contributed by atoms with E-state index in [1.165, 1.54) is 35.8 Å². The molecule has 4 heterocycles. The maximum Gasteiger partial charge on any atom is 0.329 e. The summed E-state index contributed by atoms with van der Waals surface area (Å²) in [5.41, 5.74) is 7.71. The molecule has 0 bridgehead atoms. The third-order valence-electron chi connectivity index (χ3n) is 14.7. The van der Waals surface area contributed by atoms with E-state index in [9.17, 15) is 19.2 Å². The average molecular weight is 952 g/mol. The number of fused-ring (bicyclic) bond motifs is 2. The highest BCUT2D eigenvalue weighted by atomic mass is 35.5. The van der Waals surface area contributed by atoms with E-state index in [-0.39, 0.29) is 63.4 Å². The van der Waals surface area contributed by atoms with Crippen LogP contribution in [0.15, 0.2) is 66.7 Å². The van der Waals surface area contributed by atoms with E-state index in [0.29, 0.717) is 36.9 Å². The predicted octanol–water partition coefficient (Wildman–Crippen LogP) is 7.65. The molecule has 4 aliphatic rings. The molecule has 1 aromatic heterocycles. The van der Waals surface area contributed by atoms with Gasteiger partial charge in [-0.3, -0.25) is 29.3 Å². The smallest absolute Gasteiger partial charge is 0.329 e. The molecule has 14 nitrogen and oxygen atoms in total. The van der Waals surface area contributed by atoms with Gasteiger partial charge in [0, 0.05) is 79.1 Å². The number of primary amides is 1. The van der Waals surface area contributed by atoms with Crippen molar-refractivity contribution in [1.82, 2.24) is 30.6 Å². The summed E-state index contributed by atoms with van der Waals surface area (Å²) in [5, 5.41) is 14.5. The van der Waals surface area contributed by atoms with Gasteiger partial charge < -0.3 is 30.7 Å². The molecule has 3 aliphatic heterocycles. The largest absolute Gasteiger partial charge is 0.494 e. The minimum atomic E-state index is -1.07. The highest BCUT2D eigenvalue weighted by Gasteiger charge is 2.50. The number of aryl methyl sites for hydroxylation is 1. The lowest BCUT2D eigenvalue weighted by molar-refractivity contribution is -0.126. The molecule has 4 aromatic carbocycles. The number of imide groups is 1. The third kappa shape index (κ3) is 8.89. The van der Waals surface area contributed by atoms with E-state index in [0.717, 1.165) is 81.0 Å². The van der Waals surface area contributed by atoms with E-state index < -0.39 is 35.1 Å². The Labute approximate surface area is 398 Å². The van der Waals surface area contributed by atoms with Crippen LogP contribution in [0.3, 0.4) is 0 Å². The van der Waals surface area contributed by atoms with Crippen molar-refractivity contribution in [3.05, 3.63) is 106 Å². The minimum Gasteiger partial charge on any atom is -0.494 e. The average Bonchev–Trinajstić information content (AvgIpc) is 3.82. The number of methoxy groups -OCH3 is 1. The maximum atomic E-state index is 16.2. The lowest BCUT2D eigenvalue weighted by Gasteiger charge is -2.37. The topological polar surface area (TPSA) is 173 Å². The summed E-state index contributed by atoms with van der Waals surface area (Å²) in [7, 11) is 3.17. The number of carbonyl (C=O) groups is 4. The summed E-state index contributed by atoms with van der Waals surface area (Å²) in [6, 6.07) is 19.4. The zero-order valence-corrected chi connectivity index (χ0v) is 39.3. The molecule has 1 aliphatic carbocycles. The Bertz CT molecular complexity index is 2760. The number of anilines is 1. The Morgan fingerprint density at radius 3 is 2.44 bits per heavy atom. The first-order chi connectivity index (χ1) is 32.8. The number of hydrogen-bond donors (Lipinski definition) is 4. The van der Waals surface area contributed by atoms with Crippen molar-refractivity contribution in [2.24, 2.45) is 18.7 Å². The number of piperidine rings is 1. The second-order valence-corrected chi connectivity index (χ2v) is 19.0. The third-order valence-corrected chi connectivity index (χ3v) is 15.0. The van der Waals surface area contributed by atoms with Crippen molar-refractivity contribution in [3.63, 3.8) is 0 Å².